The summed E-state index contributed by atoms with van der Waals surface area (Å²) in [6.45, 7) is 11.1. The molecule has 0 spiro atoms. The van der Waals surface area contributed by atoms with E-state index in [4.69, 9.17) is 0 Å². The van der Waals surface area contributed by atoms with E-state index in [0.717, 1.165) is 5.92 Å². The van der Waals surface area contributed by atoms with Crippen molar-refractivity contribution in [1.29, 1.82) is 0 Å². The topological polar surface area (TPSA) is 6.48 Å². The minimum absolute atomic E-state index is 0.690. The van der Waals surface area contributed by atoms with Gasteiger partial charge in [-0.05, 0) is 38.8 Å². The summed E-state index contributed by atoms with van der Waals surface area (Å²) < 4.78 is 0. The molecule has 0 aromatic rings. The molecular weight excluding hydrogens is 184 g/mol. The van der Waals surface area contributed by atoms with Crippen LogP contribution in [0.1, 0.15) is 33.1 Å². The molecule has 0 aromatic carbocycles. The number of rotatable bonds is 5. The van der Waals surface area contributed by atoms with Crippen LogP contribution in [0.15, 0.2) is 12.3 Å². The van der Waals surface area contributed by atoms with Crippen LogP contribution in [0.3, 0.4) is 0 Å². The third kappa shape index (κ3) is 3.86. The van der Waals surface area contributed by atoms with Crippen LogP contribution >= 0.6 is 0 Å². The van der Waals surface area contributed by atoms with E-state index >= 15 is 0 Å². The number of hydrogen-bond donors (Lipinski definition) is 0. The molecule has 1 saturated heterocycles. The Morgan fingerprint density at radius 3 is 2.67 bits per heavy atom. The fourth-order valence-electron chi connectivity index (χ4n) is 2.10. The molecule has 2 nitrogen and oxygen atoms in total. The Balaban J connectivity index is 2.26. The van der Waals surface area contributed by atoms with Gasteiger partial charge >= 0.3 is 0 Å². The second-order valence-corrected chi connectivity index (χ2v) is 5.31. The van der Waals surface area contributed by atoms with Gasteiger partial charge in [-0.2, -0.15) is 0 Å². The van der Waals surface area contributed by atoms with Crippen LogP contribution in [0.4, 0.5) is 0 Å². The lowest BCUT2D eigenvalue weighted by Crippen LogP contribution is -2.36. The molecule has 0 saturated carbocycles. The van der Waals surface area contributed by atoms with Crippen molar-refractivity contribution in [3.63, 3.8) is 0 Å². The Hall–Kier alpha value is -0.500. The lowest BCUT2D eigenvalue weighted by Gasteiger charge is -2.27. The fraction of sp³-hybridized carbons (Fsp3) is 0.846. The Bertz CT molecular complexity index is 211. The molecule has 0 aliphatic carbocycles. The maximum Gasteiger partial charge on any atom is 0.0414 e. The molecule has 0 aromatic heterocycles. The molecule has 2 heteroatoms. The number of nitrogens with zero attached hydrogens (tertiary/aromatic N) is 2. The molecule has 1 atom stereocenters. The summed E-state index contributed by atoms with van der Waals surface area (Å²) in [5, 5.41) is 0. The largest absolute Gasteiger partial charge is 0.374 e. The van der Waals surface area contributed by atoms with Crippen LogP contribution in [-0.2, 0) is 0 Å². The standard InChI is InChI=1S/C13H26N2/c1-11(2)8-9-14(4)10-13-7-6-12(3)15(13)5/h11,13H,3,6-10H2,1-2,4-5H3/t13-/m1/s1. The van der Waals surface area contributed by atoms with Crippen molar-refractivity contribution in [2.45, 2.75) is 39.2 Å². The van der Waals surface area contributed by atoms with Gasteiger partial charge in [-0.1, -0.05) is 20.4 Å². The van der Waals surface area contributed by atoms with E-state index in [9.17, 15) is 0 Å². The molecule has 0 radical (unpaired) electrons. The second kappa shape index (κ2) is 5.55. The molecule has 1 fully saturated rings. The monoisotopic (exact) mass is 210 g/mol. The number of likely N-dealkylation sites (N-methyl/N-ethyl adjacent to an activating group) is 2. The van der Waals surface area contributed by atoms with Gasteiger partial charge in [-0.15, -0.1) is 0 Å². The van der Waals surface area contributed by atoms with Crippen molar-refractivity contribution < 1.29 is 0 Å². The van der Waals surface area contributed by atoms with Crippen molar-refractivity contribution in [2.24, 2.45) is 5.92 Å². The van der Waals surface area contributed by atoms with Gasteiger partial charge in [0, 0.05) is 25.3 Å². The van der Waals surface area contributed by atoms with Crippen molar-refractivity contribution >= 4 is 0 Å². The molecule has 1 aliphatic rings. The molecule has 15 heavy (non-hydrogen) atoms. The third-order valence-corrected chi connectivity index (χ3v) is 3.42. The highest BCUT2D eigenvalue weighted by molar-refractivity contribution is 5.03. The van der Waals surface area contributed by atoms with Gasteiger partial charge in [0.25, 0.3) is 0 Å². The zero-order valence-corrected chi connectivity index (χ0v) is 10.8. The van der Waals surface area contributed by atoms with Crippen molar-refractivity contribution in [3.8, 4) is 0 Å². The molecule has 0 unspecified atom stereocenters. The summed E-state index contributed by atoms with van der Waals surface area (Å²) >= 11 is 0. The van der Waals surface area contributed by atoms with E-state index in [1.165, 1.54) is 38.0 Å². The quantitative estimate of drug-likeness (QED) is 0.688. The minimum Gasteiger partial charge on any atom is -0.374 e. The maximum atomic E-state index is 4.07. The zero-order valence-electron chi connectivity index (χ0n) is 10.8. The van der Waals surface area contributed by atoms with Crippen LogP contribution < -0.4 is 0 Å². The van der Waals surface area contributed by atoms with Gasteiger partial charge in [-0.25, -0.2) is 0 Å². The second-order valence-electron chi connectivity index (χ2n) is 5.31. The Morgan fingerprint density at radius 2 is 2.20 bits per heavy atom. The Kier molecular flexibility index (Phi) is 4.65. The highest BCUT2D eigenvalue weighted by Crippen LogP contribution is 2.24. The van der Waals surface area contributed by atoms with Crippen LogP contribution in [0, 0.1) is 5.92 Å². The van der Waals surface area contributed by atoms with Crippen LogP contribution in [-0.4, -0.2) is 43.0 Å². The molecule has 88 valence electrons. The molecule has 0 N–H and O–H groups in total. The lowest BCUT2D eigenvalue weighted by molar-refractivity contribution is 0.228. The summed E-state index contributed by atoms with van der Waals surface area (Å²) in [4.78, 5) is 4.81. The number of likely N-dealkylation sites (tertiary alicyclic amines) is 1. The molecule has 0 bridgehead atoms. The predicted octanol–water partition coefficient (Wildman–Crippen LogP) is 2.57. The van der Waals surface area contributed by atoms with Crippen molar-refractivity contribution in [2.75, 3.05) is 27.2 Å². The predicted molar refractivity (Wildman–Crippen MR) is 66.9 cm³/mol. The fourth-order valence-corrected chi connectivity index (χ4v) is 2.10. The third-order valence-electron chi connectivity index (χ3n) is 3.42. The van der Waals surface area contributed by atoms with E-state index in [1.54, 1.807) is 0 Å². The summed E-state index contributed by atoms with van der Waals surface area (Å²) in [6, 6.07) is 0.690. The number of hydrogen-bond acceptors (Lipinski definition) is 2. The first kappa shape index (κ1) is 12.6. The summed E-state index contributed by atoms with van der Waals surface area (Å²) in [7, 11) is 4.41. The smallest absolute Gasteiger partial charge is 0.0414 e. The average Bonchev–Trinajstić information content (AvgIpc) is 2.47. The highest BCUT2D eigenvalue weighted by Gasteiger charge is 2.24. The minimum atomic E-state index is 0.690. The summed E-state index contributed by atoms with van der Waals surface area (Å²) in [5.74, 6) is 0.809. The molecule has 1 heterocycles. The van der Waals surface area contributed by atoms with E-state index < -0.39 is 0 Å². The first-order chi connectivity index (χ1) is 7.00. The first-order valence-corrected chi connectivity index (χ1v) is 6.10. The molecule has 1 rings (SSSR count). The van der Waals surface area contributed by atoms with E-state index in [-0.39, 0.29) is 0 Å². The van der Waals surface area contributed by atoms with Gasteiger partial charge in [0.05, 0.1) is 0 Å². The molecular formula is C13H26N2. The Morgan fingerprint density at radius 1 is 1.53 bits per heavy atom. The van der Waals surface area contributed by atoms with E-state index in [2.05, 4.69) is 44.3 Å². The van der Waals surface area contributed by atoms with E-state index in [1.807, 2.05) is 0 Å². The van der Waals surface area contributed by atoms with E-state index in [0.29, 0.717) is 6.04 Å². The van der Waals surface area contributed by atoms with Crippen LogP contribution in [0.25, 0.3) is 0 Å². The number of allylic oxidation sites excluding steroid dienone is 1. The Labute approximate surface area is 94.9 Å². The molecule has 0 amide bonds. The molecule has 1 aliphatic heterocycles. The van der Waals surface area contributed by atoms with Crippen LogP contribution in [0.5, 0.6) is 0 Å². The van der Waals surface area contributed by atoms with Crippen molar-refractivity contribution in [1.82, 2.24) is 9.80 Å². The summed E-state index contributed by atoms with van der Waals surface area (Å²) in [6.07, 6.45) is 3.76. The van der Waals surface area contributed by atoms with Crippen molar-refractivity contribution in [3.05, 3.63) is 12.3 Å². The van der Waals surface area contributed by atoms with Gasteiger partial charge in [0.1, 0.15) is 0 Å². The van der Waals surface area contributed by atoms with Gasteiger partial charge < -0.3 is 9.80 Å². The van der Waals surface area contributed by atoms with Crippen LogP contribution in [0.2, 0.25) is 0 Å². The SMILES string of the molecule is C=C1CC[C@H](CN(C)CCC(C)C)N1C. The first-order valence-electron chi connectivity index (χ1n) is 6.10. The zero-order chi connectivity index (χ0) is 11.4. The van der Waals surface area contributed by atoms with Gasteiger partial charge in [0.15, 0.2) is 0 Å². The average molecular weight is 210 g/mol. The van der Waals surface area contributed by atoms with Gasteiger partial charge in [0.2, 0.25) is 0 Å². The maximum absolute atomic E-state index is 4.07. The summed E-state index contributed by atoms with van der Waals surface area (Å²) in [5.41, 5.74) is 1.30. The lowest BCUT2D eigenvalue weighted by atomic mass is 10.1. The highest BCUT2D eigenvalue weighted by atomic mass is 15.2. The van der Waals surface area contributed by atoms with Gasteiger partial charge in [-0.3, -0.25) is 0 Å². The normalized spacial score (nSPS) is 22.1.